The molecule has 0 unspecified atom stereocenters. The summed E-state index contributed by atoms with van der Waals surface area (Å²) in [6.45, 7) is 4.47. The lowest BCUT2D eigenvalue weighted by Crippen LogP contribution is -2.23. The van der Waals surface area contributed by atoms with Gasteiger partial charge in [-0.05, 0) is 43.2 Å². The van der Waals surface area contributed by atoms with Crippen LogP contribution in [0.4, 0.5) is 5.69 Å². The summed E-state index contributed by atoms with van der Waals surface area (Å²) in [4.78, 5) is 16.9. The number of nitrogens with one attached hydrogen (secondary N) is 1. The molecule has 0 fully saturated rings. The molecule has 0 aliphatic rings. The van der Waals surface area contributed by atoms with Crippen molar-refractivity contribution in [3.05, 3.63) is 90.3 Å². The molecule has 31 heavy (non-hydrogen) atoms. The summed E-state index contributed by atoms with van der Waals surface area (Å²) in [5, 5.41) is 12.2. The fourth-order valence-corrected chi connectivity index (χ4v) is 4.01. The number of rotatable bonds is 7. The van der Waals surface area contributed by atoms with Crippen molar-refractivity contribution in [2.75, 3.05) is 5.32 Å². The fraction of sp³-hybridized carbons (Fsp3) is 0.167. The van der Waals surface area contributed by atoms with Crippen molar-refractivity contribution in [2.24, 2.45) is 0 Å². The zero-order valence-corrected chi connectivity index (χ0v) is 18.2. The van der Waals surface area contributed by atoms with Crippen LogP contribution in [0.3, 0.4) is 0 Å². The van der Waals surface area contributed by atoms with Gasteiger partial charge < -0.3 is 5.32 Å². The highest BCUT2D eigenvalue weighted by molar-refractivity contribution is 8.00. The van der Waals surface area contributed by atoms with Gasteiger partial charge in [-0.25, -0.2) is 0 Å². The lowest BCUT2D eigenvalue weighted by atomic mass is 10.2. The van der Waals surface area contributed by atoms with Gasteiger partial charge in [0.2, 0.25) is 5.91 Å². The first-order valence-corrected chi connectivity index (χ1v) is 10.9. The van der Waals surface area contributed by atoms with E-state index in [1.165, 1.54) is 11.8 Å². The SMILES string of the molecule is Cc1ccccc1NC(=O)[C@H](C)Sc1nnc(-c2ccncc2)n1Cc1ccccc1. The highest BCUT2D eigenvalue weighted by atomic mass is 32.2. The number of nitrogens with zero attached hydrogens (tertiary/aromatic N) is 4. The minimum Gasteiger partial charge on any atom is -0.325 e. The monoisotopic (exact) mass is 429 g/mol. The van der Waals surface area contributed by atoms with E-state index in [4.69, 9.17) is 0 Å². The first-order chi connectivity index (χ1) is 15.1. The molecule has 0 radical (unpaired) electrons. The van der Waals surface area contributed by atoms with Gasteiger partial charge in [0.15, 0.2) is 11.0 Å². The second-order valence-corrected chi connectivity index (χ2v) is 8.49. The Kier molecular flexibility index (Phi) is 6.43. The largest absolute Gasteiger partial charge is 0.325 e. The number of carbonyl (C=O) groups excluding carboxylic acids is 1. The maximum Gasteiger partial charge on any atom is 0.237 e. The third-order valence-corrected chi connectivity index (χ3v) is 5.97. The van der Waals surface area contributed by atoms with Gasteiger partial charge in [0.05, 0.1) is 11.8 Å². The summed E-state index contributed by atoms with van der Waals surface area (Å²) in [6.07, 6.45) is 3.48. The number of thioether (sulfide) groups is 1. The van der Waals surface area contributed by atoms with Crippen LogP contribution >= 0.6 is 11.8 Å². The number of amides is 1. The zero-order valence-electron chi connectivity index (χ0n) is 17.4. The average molecular weight is 430 g/mol. The minimum absolute atomic E-state index is 0.0703. The van der Waals surface area contributed by atoms with Crippen LogP contribution in [-0.2, 0) is 11.3 Å². The Hall–Kier alpha value is -3.45. The van der Waals surface area contributed by atoms with E-state index in [1.54, 1.807) is 12.4 Å². The quantitative estimate of drug-likeness (QED) is 0.427. The van der Waals surface area contributed by atoms with E-state index < -0.39 is 0 Å². The third kappa shape index (κ3) is 5.00. The van der Waals surface area contributed by atoms with Crippen LogP contribution in [-0.4, -0.2) is 30.9 Å². The molecule has 1 amide bonds. The second kappa shape index (κ2) is 9.57. The Balaban J connectivity index is 1.59. The Labute approximate surface area is 185 Å². The number of carbonyl (C=O) groups is 1. The molecular formula is C24H23N5OS. The van der Waals surface area contributed by atoms with Gasteiger partial charge in [-0.2, -0.15) is 0 Å². The molecule has 7 heteroatoms. The van der Waals surface area contributed by atoms with Crippen LogP contribution in [0, 0.1) is 6.92 Å². The Bertz CT molecular complexity index is 1160. The lowest BCUT2D eigenvalue weighted by Gasteiger charge is -2.15. The maximum absolute atomic E-state index is 12.8. The first-order valence-electron chi connectivity index (χ1n) is 10.0. The van der Waals surface area contributed by atoms with Gasteiger partial charge in [-0.1, -0.05) is 60.3 Å². The number of aryl methyl sites for hydroxylation is 1. The normalized spacial score (nSPS) is 11.8. The standard InChI is InChI=1S/C24H23N5OS/c1-17-8-6-7-11-21(17)26-23(30)18(2)31-24-28-27-22(20-12-14-25-15-13-20)29(24)16-19-9-4-3-5-10-19/h3-15,18H,16H2,1-2H3,(H,26,30)/t18-/m0/s1. The van der Waals surface area contributed by atoms with Crippen LogP contribution in [0.25, 0.3) is 11.4 Å². The summed E-state index contributed by atoms with van der Waals surface area (Å²) in [7, 11) is 0. The van der Waals surface area contributed by atoms with Crippen LogP contribution in [0.2, 0.25) is 0 Å². The molecule has 0 aliphatic carbocycles. The van der Waals surface area contributed by atoms with Crippen molar-refractivity contribution in [3.63, 3.8) is 0 Å². The number of hydrogen-bond donors (Lipinski definition) is 1. The van der Waals surface area contributed by atoms with Crippen LogP contribution in [0.15, 0.2) is 84.3 Å². The zero-order chi connectivity index (χ0) is 21.6. The molecule has 2 heterocycles. The number of benzene rings is 2. The molecular weight excluding hydrogens is 406 g/mol. The number of anilines is 1. The van der Waals surface area contributed by atoms with Gasteiger partial charge in [0.25, 0.3) is 0 Å². The molecule has 1 N–H and O–H groups in total. The van der Waals surface area contributed by atoms with E-state index in [2.05, 4.69) is 32.6 Å². The topological polar surface area (TPSA) is 72.7 Å². The molecule has 6 nitrogen and oxygen atoms in total. The van der Waals surface area contributed by atoms with Crippen molar-refractivity contribution in [1.82, 2.24) is 19.7 Å². The molecule has 0 spiro atoms. The highest BCUT2D eigenvalue weighted by Crippen LogP contribution is 2.28. The van der Waals surface area contributed by atoms with E-state index in [1.807, 2.05) is 73.0 Å². The number of hydrogen-bond acceptors (Lipinski definition) is 5. The molecule has 0 aliphatic heterocycles. The fourth-order valence-electron chi connectivity index (χ4n) is 3.16. The van der Waals surface area contributed by atoms with Gasteiger partial charge in [0.1, 0.15) is 0 Å². The van der Waals surface area contributed by atoms with Crippen LogP contribution < -0.4 is 5.32 Å². The van der Waals surface area contributed by atoms with Gasteiger partial charge in [-0.15, -0.1) is 10.2 Å². The van der Waals surface area contributed by atoms with E-state index >= 15 is 0 Å². The molecule has 0 bridgehead atoms. The van der Waals surface area contributed by atoms with Crippen molar-refractivity contribution in [2.45, 2.75) is 30.8 Å². The smallest absolute Gasteiger partial charge is 0.237 e. The summed E-state index contributed by atoms with van der Waals surface area (Å²) in [5.41, 5.74) is 3.92. The Morgan fingerprint density at radius 1 is 1.00 bits per heavy atom. The summed E-state index contributed by atoms with van der Waals surface area (Å²) >= 11 is 1.40. The highest BCUT2D eigenvalue weighted by Gasteiger charge is 2.21. The summed E-state index contributed by atoms with van der Waals surface area (Å²) in [6, 6.07) is 21.7. The van der Waals surface area contributed by atoms with Crippen molar-refractivity contribution >= 4 is 23.4 Å². The van der Waals surface area contributed by atoms with E-state index in [9.17, 15) is 4.79 Å². The Morgan fingerprint density at radius 2 is 1.71 bits per heavy atom. The summed E-state index contributed by atoms with van der Waals surface area (Å²) in [5.74, 6) is 0.680. The third-order valence-electron chi connectivity index (χ3n) is 4.89. The first kappa shape index (κ1) is 20.8. The molecule has 2 aromatic heterocycles. The lowest BCUT2D eigenvalue weighted by molar-refractivity contribution is -0.115. The van der Waals surface area contributed by atoms with Gasteiger partial charge in [-0.3, -0.25) is 14.3 Å². The van der Waals surface area contributed by atoms with E-state index in [-0.39, 0.29) is 11.2 Å². The predicted molar refractivity (Wildman–Crippen MR) is 124 cm³/mol. The molecule has 0 saturated carbocycles. The molecule has 156 valence electrons. The molecule has 4 rings (SSSR count). The molecule has 2 aromatic carbocycles. The second-order valence-electron chi connectivity index (χ2n) is 7.18. The van der Waals surface area contributed by atoms with E-state index in [0.717, 1.165) is 28.2 Å². The number of para-hydroxylation sites is 1. The van der Waals surface area contributed by atoms with Gasteiger partial charge in [0, 0.05) is 23.6 Å². The van der Waals surface area contributed by atoms with Crippen molar-refractivity contribution < 1.29 is 4.79 Å². The van der Waals surface area contributed by atoms with Crippen molar-refractivity contribution in [1.29, 1.82) is 0 Å². The minimum atomic E-state index is -0.344. The van der Waals surface area contributed by atoms with Crippen molar-refractivity contribution in [3.8, 4) is 11.4 Å². The number of pyridine rings is 1. The molecule has 0 saturated heterocycles. The Morgan fingerprint density at radius 3 is 2.45 bits per heavy atom. The van der Waals surface area contributed by atoms with Crippen LogP contribution in [0.1, 0.15) is 18.1 Å². The molecule has 4 aromatic rings. The summed E-state index contributed by atoms with van der Waals surface area (Å²) < 4.78 is 2.05. The van der Waals surface area contributed by atoms with Crippen LogP contribution in [0.5, 0.6) is 0 Å². The predicted octanol–water partition coefficient (Wildman–Crippen LogP) is 4.82. The average Bonchev–Trinajstić information content (AvgIpc) is 3.18. The number of aromatic nitrogens is 4. The maximum atomic E-state index is 12.8. The van der Waals surface area contributed by atoms with E-state index in [0.29, 0.717) is 11.7 Å². The molecule has 1 atom stereocenters. The van der Waals surface area contributed by atoms with Gasteiger partial charge >= 0.3 is 0 Å².